The summed E-state index contributed by atoms with van der Waals surface area (Å²) in [5.41, 5.74) is 1.91. The first-order chi connectivity index (χ1) is 7.43. The molecule has 4 nitrogen and oxygen atoms in total. The molecule has 10 heteroatoms. The van der Waals surface area contributed by atoms with Crippen molar-refractivity contribution in [1.82, 2.24) is 10.1 Å². The highest BCUT2D eigenvalue weighted by Gasteiger charge is 2.53. The maximum Gasteiger partial charge on any atom is 0.415 e. The van der Waals surface area contributed by atoms with Crippen LogP contribution >= 0.6 is 0 Å². The molecule has 0 aliphatic rings. The molecule has 1 aromatic heterocycles. The van der Waals surface area contributed by atoms with Gasteiger partial charge in [0.15, 0.2) is 11.4 Å². The molecule has 0 aromatic carbocycles. The van der Waals surface area contributed by atoms with Crippen LogP contribution in [0.25, 0.3) is 0 Å². The Morgan fingerprint density at radius 3 is 2.12 bits per heavy atom. The molecule has 0 aliphatic heterocycles. The Morgan fingerprint density at radius 1 is 1.18 bits per heavy atom. The molecule has 0 saturated heterocycles. The number of nitrogens with two attached hydrogens (primary N) is 1. The van der Waals surface area contributed by atoms with Crippen molar-refractivity contribution in [3.8, 4) is 0 Å². The van der Waals surface area contributed by atoms with Crippen LogP contribution in [-0.2, 0) is 12.0 Å². The third-order valence-corrected chi connectivity index (χ3v) is 1.86. The molecule has 0 saturated carbocycles. The maximum absolute atomic E-state index is 12.4. The van der Waals surface area contributed by atoms with Crippen LogP contribution in [0.2, 0.25) is 0 Å². The Morgan fingerprint density at radius 2 is 1.71 bits per heavy atom. The average molecular weight is 263 g/mol. The first-order valence-corrected chi connectivity index (χ1v) is 4.19. The van der Waals surface area contributed by atoms with Crippen LogP contribution in [0.4, 0.5) is 26.3 Å². The SMILES string of the molecule is CC(N)(c1nc(CC(F)(F)F)no1)C(F)(F)F. The van der Waals surface area contributed by atoms with Crippen LogP contribution in [0.5, 0.6) is 0 Å². The van der Waals surface area contributed by atoms with Gasteiger partial charge < -0.3 is 10.3 Å². The molecule has 2 N–H and O–H groups in total. The van der Waals surface area contributed by atoms with E-state index >= 15 is 0 Å². The molecular weight excluding hydrogens is 256 g/mol. The van der Waals surface area contributed by atoms with Crippen LogP contribution < -0.4 is 5.73 Å². The van der Waals surface area contributed by atoms with Crippen LogP contribution in [-0.4, -0.2) is 22.5 Å². The summed E-state index contributed by atoms with van der Waals surface area (Å²) in [6, 6.07) is 0. The van der Waals surface area contributed by atoms with Crippen molar-refractivity contribution in [1.29, 1.82) is 0 Å². The van der Waals surface area contributed by atoms with Gasteiger partial charge in [0.2, 0.25) is 0 Å². The zero-order valence-electron chi connectivity index (χ0n) is 8.35. The summed E-state index contributed by atoms with van der Waals surface area (Å²) in [4.78, 5) is 2.99. The van der Waals surface area contributed by atoms with Crippen LogP contribution in [0.15, 0.2) is 4.52 Å². The molecule has 0 bridgehead atoms. The number of nitrogens with zero attached hydrogens (tertiary/aromatic N) is 2. The van der Waals surface area contributed by atoms with E-state index in [9.17, 15) is 26.3 Å². The molecule has 1 aromatic rings. The lowest BCUT2D eigenvalue weighted by Crippen LogP contribution is -2.48. The van der Waals surface area contributed by atoms with E-state index < -0.39 is 36.0 Å². The van der Waals surface area contributed by atoms with Gasteiger partial charge in [-0.05, 0) is 6.92 Å². The van der Waals surface area contributed by atoms with E-state index in [1.165, 1.54) is 0 Å². The van der Waals surface area contributed by atoms with Crippen molar-refractivity contribution < 1.29 is 30.9 Å². The number of halogens is 6. The van der Waals surface area contributed by atoms with Crippen LogP contribution in [0, 0.1) is 0 Å². The second-order valence-electron chi connectivity index (χ2n) is 3.51. The van der Waals surface area contributed by atoms with Gasteiger partial charge in [0.1, 0.15) is 6.42 Å². The normalized spacial score (nSPS) is 16.9. The first kappa shape index (κ1) is 13.7. The molecule has 17 heavy (non-hydrogen) atoms. The summed E-state index contributed by atoms with van der Waals surface area (Å²) >= 11 is 0. The molecule has 1 rings (SSSR count). The first-order valence-electron chi connectivity index (χ1n) is 4.19. The Balaban J connectivity index is 2.96. The zero-order chi connectivity index (χ0) is 13.5. The van der Waals surface area contributed by atoms with E-state index in [1.54, 1.807) is 0 Å². The number of hydrogen-bond acceptors (Lipinski definition) is 4. The predicted molar refractivity (Wildman–Crippen MR) is 41.7 cm³/mol. The molecule has 0 radical (unpaired) electrons. The summed E-state index contributed by atoms with van der Waals surface area (Å²) in [7, 11) is 0. The molecule has 0 fully saturated rings. The highest BCUT2D eigenvalue weighted by molar-refractivity contribution is 5.04. The van der Waals surface area contributed by atoms with Crippen molar-refractivity contribution in [2.75, 3.05) is 0 Å². The monoisotopic (exact) mass is 263 g/mol. The molecule has 0 amide bonds. The maximum atomic E-state index is 12.4. The number of hydrogen-bond donors (Lipinski definition) is 1. The van der Waals surface area contributed by atoms with Crippen molar-refractivity contribution in [2.45, 2.75) is 31.2 Å². The Kier molecular flexibility index (Phi) is 3.12. The Labute approximate surface area is 90.8 Å². The Hall–Kier alpha value is -1.32. The van der Waals surface area contributed by atoms with Gasteiger partial charge in [-0.15, -0.1) is 0 Å². The minimum atomic E-state index is -4.91. The standard InChI is InChI=1S/C7H7F6N3O/c1-5(14,7(11,12)13)4-15-3(16-17-4)2-6(8,9)10/h2,14H2,1H3. The van der Waals surface area contributed by atoms with Crippen LogP contribution in [0.1, 0.15) is 18.6 Å². The van der Waals surface area contributed by atoms with E-state index in [1.807, 2.05) is 0 Å². The molecule has 0 spiro atoms. The van der Waals surface area contributed by atoms with Crippen molar-refractivity contribution in [3.63, 3.8) is 0 Å². The summed E-state index contributed by atoms with van der Waals surface area (Å²) < 4.78 is 77.0. The highest BCUT2D eigenvalue weighted by Crippen LogP contribution is 2.35. The van der Waals surface area contributed by atoms with Gasteiger partial charge in [0.25, 0.3) is 5.89 Å². The number of rotatable bonds is 2. The van der Waals surface area contributed by atoms with E-state index in [0.717, 1.165) is 0 Å². The van der Waals surface area contributed by atoms with Crippen molar-refractivity contribution >= 4 is 0 Å². The molecular formula is C7H7F6N3O. The Bertz CT molecular complexity index is 393. The predicted octanol–water partition coefficient (Wildman–Crippen LogP) is 1.91. The third kappa shape index (κ3) is 3.08. The van der Waals surface area contributed by atoms with Gasteiger partial charge in [-0.2, -0.15) is 31.3 Å². The molecule has 1 unspecified atom stereocenters. The lowest BCUT2D eigenvalue weighted by molar-refractivity contribution is -0.190. The largest absolute Gasteiger partial charge is 0.415 e. The average Bonchev–Trinajstić information content (AvgIpc) is 2.47. The van der Waals surface area contributed by atoms with E-state index in [0.29, 0.717) is 6.92 Å². The second-order valence-corrected chi connectivity index (χ2v) is 3.51. The van der Waals surface area contributed by atoms with E-state index in [-0.39, 0.29) is 0 Å². The van der Waals surface area contributed by atoms with Gasteiger partial charge in [-0.1, -0.05) is 5.16 Å². The van der Waals surface area contributed by atoms with Gasteiger partial charge in [0, 0.05) is 0 Å². The summed E-state index contributed by atoms with van der Waals surface area (Å²) in [5.74, 6) is -2.00. The smallest absolute Gasteiger partial charge is 0.337 e. The molecule has 1 heterocycles. The van der Waals surface area contributed by atoms with E-state index in [2.05, 4.69) is 14.7 Å². The number of alkyl halides is 6. The lowest BCUT2D eigenvalue weighted by Gasteiger charge is -2.22. The fourth-order valence-electron chi connectivity index (χ4n) is 0.837. The second kappa shape index (κ2) is 3.86. The van der Waals surface area contributed by atoms with E-state index in [4.69, 9.17) is 5.73 Å². The summed E-state index contributed by atoms with van der Waals surface area (Å²) in [5, 5.41) is 2.80. The van der Waals surface area contributed by atoms with Crippen molar-refractivity contribution in [3.05, 3.63) is 11.7 Å². The topological polar surface area (TPSA) is 64.9 Å². The van der Waals surface area contributed by atoms with Crippen LogP contribution in [0.3, 0.4) is 0 Å². The summed E-state index contributed by atoms with van der Waals surface area (Å²) in [6.07, 6.45) is -11.1. The third-order valence-electron chi connectivity index (χ3n) is 1.86. The van der Waals surface area contributed by atoms with Gasteiger partial charge in [-0.3, -0.25) is 0 Å². The quantitative estimate of drug-likeness (QED) is 0.828. The zero-order valence-corrected chi connectivity index (χ0v) is 8.35. The van der Waals surface area contributed by atoms with Gasteiger partial charge in [-0.25, -0.2) is 0 Å². The molecule has 1 atom stereocenters. The highest BCUT2D eigenvalue weighted by atomic mass is 19.4. The van der Waals surface area contributed by atoms with Gasteiger partial charge in [0.05, 0.1) is 0 Å². The summed E-state index contributed by atoms with van der Waals surface area (Å²) in [6.45, 7) is 0.526. The minimum Gasteiger partial charge on any atom is -0.337 e. The van der Waals surface area contributed by atoms with Gasteiger partial charge >= 0.3 is 12.4 Å². The van der Waals surface area contributed by atoms with Crippen molar-refractivity contribution in [2.24, 2.45) is 5.73 Å². The number of aromatic nitrogens is 2. The molecule has 0 aliphatic carbocycles. The molecule has 98 valence electrons. The lowest BCUT2D eigenvalue weighted by atomic mass is 10.0. The fraction of sp³-hybridized carbons (Fsp3) is 0.714. The minimum absolute atomic E-state index is 0.526. The fourth-order valence-corrected chi connectivity index (χ4v) is 0.837.